The molecule has 1 aliphatic heterocycles. The van der Waals surface area contributed by atoms with Crippen LogP contribution in [0.3, 0.4) is 0 Å². The molecule has 3 heterocycles. The molecule has 0 bridgehead atoms. The second kappa shape index (κ2) is 5.27. The summed E-state index contributed by atoms with van der Waals surface area (Å²) in [5.41, 5.74) is 1.90. The first-order valence-electron chi connectivity index (χ1n) is 6.86. The van der Waals surface area contributed by atoms with Crippen LogP contribution in [0.4, 0.5) is 0 Å². The molecule has 1 aliphatic rings. The van der Waals surface area contributed by atoms with Gasteiger partial charge in [0.1, 0.15) is 4.90 Å². The van der Waals surface area contributed by atoms with Crippen molar-refractivity contribution in [3.63, 3.8) is 0 Å². The molecule has 0 aliphatic carbocycles. The molecular weight excluding hydrogens is 290 g/mol. The molecule has 1 unspecified atom stereocenters. The fourth-order valence-corrected chi connectivity index (χ4v) is 3.71. The first-order chi connectivity index (χ1) is 9.95. The molecule has 1 saturated heterocycles. The van der Waals surface area contributed by atoms with Crippen molar-refractivity contribution in [3.05, 3.63) is 30.1 Å². The molecule has 1 atom stereocenters. The fraction of sp³-hybridized carbons (Fsp3) is 0.538. The first kappa shape index (κ1) is 14.3. The molecule has 0 radical (unpaired) electrons. The van der Waals surface area contributed by atoms with Crippen LogP contribution in [0.5, 0.6) is 0 Å². The van der Waals surface area contributed by atoms with E-state index >= 15 is 0 Å². The highest BCUT2D eigenvalue weighted by Crippen LogP contribution is 2.30. The molecule has 1 fully saturated rings. The van der Waals surface area contributed by atoms with Gasteiger partial charge in [-0.25, -0.2) is 13.4 Å². The highest BCUT2D eigenvalue weighted by atomic mass is 32.2. The van der Waals surface area contributed by atoms with Crippen molar-refractivity contribution in [2.45, 2.75) is 23.8 Å². The lowest BCUT2D eigenvalue weighted by Crippen LogP contribution is -2.21. The second-order valence-electron chi connectivity index (χ2n) is 5.64. The molecule has 0 amide bonds. The van der Waals surface area contributed by atoms with Crippen LogP contribution < -0.4 is 0 Å². The molecule has 0 saturated carbocycles. The third kappa shape index (κ3) is 2.86. The summed E-state index contributed by atoms with van der Waals surface area (Å²) in [4.78, 5) is 6.76. The summed E-state index contributed by atoms with van der Waals surface area (Å²) in [7, 11) is -1.25. The zero-order valence-corrected chi connectivity index (χ0v) is 13.0. The molecule has 2 aromatic rings. The molecule has 114 valence electrons. The molecule has 2 aromatic heterocycles. The van der Waals surface area contributed by atoms with Gasteiger partial charge in [0.2, 0.25) is 0 Å². The minimum Gasteiger partial charge on any atom is -0.337 e. The van der Waals surface area contributed by atoms with E-state index in [0.29, 0.717) is 4.90 Å². The largest absolute Gasteiger partial charge is 0.337 e. The van der Waals surface area contributed by atoms with E-state index in [9.17, 15) is 8.42 Å². The van der Waals surface area contributed by atoms with Crippen LogP contribution in [0.15, 0.2) is 23.6 Å². The molecule has 7 nitrogen and oxygen atoms in total. The monoisotopic (exact) mass is 309 g/mol. The Labute approximate surface area is 123 Å². The number of aryl methyl sites for hydroxylation is 1. The number of imidazole rings is 1. The topological polar surface area (TPSA) is 83.9 Å². The van der Waals surface area contributed by atoms with E-state index in [4.69, 9.17) is 0 Å². The van der Waals surface area contributed by atoms with E-state index in [2.05, 4.69) is 20.1 Å². The Balaban J connectivity index is 1.73. The number of nitrogens with one attached hydrogen (secondary N) is 1. The van der Waals surface area contributed by atoms with E-state index in [-0.39, 0.29) is 5.92 Å². The van der Waals surface area contributed by atoms with Gasteiger partial charge >= 0.3 is 0 Å². The zero-order chi connectivity index (χ0) is 15.0. The Kier molecular flexibility index (Phi) is 3.58. The van der Waals surface area contributed by atoms with Crippen LogP contribution in [0, 0.1) is 0 Å². The minimum absolute atomic E-state index is 0.186. The molecule has 0 spiro atoms. The predicted octanol–water partition coefficient (Wildman–Crippen LogP) is 0.536. The lowest BCUT2D eigenvalue weighted by molar-refractivity contribution is 0.318. The standard InChI is InChI=1S/C13H19N5O2S/c1-17-9-14-5-11(17)8-18-4-3-10(7-18)13-12(6-15-16-13)21(2,19)20/h5-6,9-10H,3-4,7-8H2,1-2H3,(H,15,16). The molecular formula is C13H19N5O2S. The smallest absolute Gasteiger partial charge is 0.178 e. The first-order valence-corrected chi connectivity index (χ1v) is 8.75. The van der Waals surface area contributed by atoms with Crippen molar-refractivity contribution in [1.29, 1.82) is 0 Å². The highest BCUT2D eigenvalue weighted by molar-refractivity contribution is 7.90. The summed E-state index contributed by atoms with van der Waals surface area (Å²) in [6.45, 7) is 2.60. The fourth-order valence-electron chi connectivity index (χ4n) is 2.85. The van der Waals surface area contributed by atoms with Crippen molar-refractivity contribution < 1.29 is 8.42 Å². The van der Waals surface area contributed by atoms with Gasteiger partial charge in [-0.1, -0.05) is 0 Å². The number of rotatable bonds is 4. The summed E-state index contributed by atoms with van der Waals surface area (Å²) < 4.78 is 25.5. The molecule has 3 rings (SSSR count). The van der Waals surface area contributed by atoms with E-state index in [1.54, 1.807) is 6.33 Å². The van der Waals surface area contributed by atoms with E-state index < -0.39 is 9.84 Å². The number of aromatic amines is 1. The minimum atomic E-state index is -3.23. The summed E-state index contributed by atoms with van der Waals surface area (Å²) in [5, 5.41) is 6.78. The molecule has 0 aromatic carbocycles. The summed E-state index contributed by atoms with van der Waals surface area (Å²) in [5.74, 6) is 0.186. The van der Waals surface area contributed by atoms with Gasteiger partial charge in [-0.05, 0) is 13.0 Å². The van der Waals surface area contributed by atoms with Gasteiger partial charge in [0.05, 0.1) is 23.9 Å². The molecule has 21 heavy (non-hydrogen) atoms. The van der Waals surface area contributed by atoms with E-state index in [1.165, 1.54) is 12.5 Å². The van der Waals surface area contributed by atoms with Crippen LogP contribution in [0.2, 0.25) is 0 Å². The Morgan fingerprint density at radius 1 is 1.43 bits per heavy atom. The Hall–Kier alpha value is -1.67. The van der Waals surface area contributed by atoms with E-state index in [1.807, 2.05) is 17.8 Å². The summed E-state index contributed by atoms with van der Waals surface area (Å²) in [6.07, 6.45) is 7.23. The summed E-state index contributed by atoms with van der Waals surface area (Å²) in [6, 6.07) is 0. The molecule has 1 N–H and O–H groups in total. The van der Waals surface area contributed by atoms with Crippen molar-refractivity contribution in [2.24, 2.45) is 7.05 Å². The Morgan fingerprint density at radius 3 is 2.90 bits per heavy atom. The Bertz CT molecular complexity index is 733. The maximum Gasteiger partial charge on any atom is 0.178 e. The number of H-pyrrole nitrogens is 1. The summed E-state index contributed by atoms with van der Waals surface area (Å²) >= 11 is 0. The van der Waals surface area contributed by atoms with Crippen molar-refractivity contribution in [1.82, 2.24) is 24.6 Å². The second-order valence-corrected chi connectivity index (χ2v) is 7.62. The van der Waals surface area contributed by atoms with Crippen LogP contribution in [0.1, 0.15) is 23.7 Å². The van der Waals surface area contributed by atoms with Gasteiger partial charge in [0.25, 0.3) is 0 Å². The SMILES string of the molecule is Cn1cncc1CN1CCC(c2[nH]ncc2S(C)(=O)=O)C1. The lowest BCUT2D eigenvalue weighted by Gasteiger charge is -2.16. The number of nitrogens with zero attached hydrogens (tertiary/aromatic N) is 4. The molecule has 8 heteroatoms. The number of sulfone groups is 1. The average molecular weight is 309 g/mol. The third-order valence-electron chi connectivity index (χ3n) is 4.01. The lowest BCUT2D eigenvalue weighted by atomic mass is 10.1. The van der Waals surface area contributed by atoms with Crippen molar-refractivity contribution in [2.75, 3.05) is 19.3 Å². The maximum atomic E-state index is 11.8. The third-order valence-corrected chi connectivity index (χ3v) is 5.14. The number of likely N-dealkylation sites (tertiary alicyclic amines) is 1. The van der Waals surface area contributed by atoms with Gasteiger partial charge < -0.3 is 4.57 Å². The van der Waals surface area contributed by atoms with Crippen LogP contribution >= 0.6 is 0 Å². The van der Waals surface area contributed by atoms with Crippen LogP contribution in [-0.4, -0.2) is 52.4 Å². The highest BCUT2D eigenvalue weighted by Gasteiger charge is 2.29. The number of hydrogen-bond acceptors (Lipinski definition) is 5. The van der Waals surface area contributed by atoms with Gasteiger partial charge in [-0.3, -0.25) is 10.00 Å². The van der Waals surface area contributed by atoms with Gasteiger partial charge in [-0.2, -0.15) is 5.10 Å². The Morgan fingerprint density at radius 2 is 2.24 bits per heavy atom. The normalized spacial score (nSPS) is 20.2. The predicted molar refractivity (Wildman–Crippen MR) is 77.5 cm³/mol. The number of aromatic nitrogens is 4. The van der Waals surface area contributed by atoms with Gasteiger partial charge in [0, 0.05) is 38.5 Å². The van der Waals surface area contributed by atoms with Crippen molar-refractivity contribution >= 4 is 9.84 Å². The van der Waals surface area contributed by atoms with Gasteiger partial charge in [0.15, 0.2) is 9.84 Å². The van der Waals surface area contributed by atoms with E-state index in [0.717, 1.165) is 37.4 Å². The maximum absolute atomic E-state index is 11.8. The number of hydrogen-bond donors (Lipinski definition) is 1. The van der Waals surface area contributed by atoms with Crippen molar-refractivity contribution in [3.8, 4) is 0 Å². The van der Waals surface area contributed by atoms with Gasteiger partial charge in [-0.15, -0.1) is 0 Å². The van der Waals surface area contributed by atoms with Crippen LogP contribution in [-0.2, 0) is 23.4 Å². The average Bonchev–Trinajstić information content (AvgIpc) is 3.10. The quantitative estimate of drug-likeness (QED) is 0.891. The van der Waals surface area contributed by atoms with Crippen LogP contribution in [0.25, 0.3) is 0 Å². The zero-order valence-electron chi connectivity index (χ0n) is 12.2.